The summed E-state index contributed by atoms with van der Waals surface area (Å²) in [6.07, 6.45) is 1.57. The van der Waals surface area contributed by atoms with Gasteiger partial charge in [0.25, 0.3) is 0 Å². The Labute approximate surface area is 120 Å². The minimum atomic E-state index is 0.640. The Morgan fingerprint density at radius 3 is 2.60 bits per heavy atom. The fourth-order valence-electron chi connectivity index (χ4n) is 2.84. The monoisotopic (exact) mass is 272 g/mol. The van der Waals surface area contributed by atoms with Crippen LogP contribution in [0.5, 0.6) is 0 Å². The Morgan fingerprint density at radius 1 is 1.30 bits per heavy atom. The van der Waals surface area contributed by atoms with E-state index in [1.165, 1.54) is 10.6 Å². The predicted molar refractivity (Wildman–Crippen MR) is 79.3 cm³/mol. The lowest BCUT2D eigenvalue weighted by Crippen LogP contribution is -3.14. The number of nitriles is 1. The van der Waals surface area contributed by atoms with Gasteiger partial charge in [-0.15, -0.1) is 0 Å². The van der Waals surface area contributed by atoms with Crippen LogP contribution in [0.25, 0.3) is 0 Å². The molecule has 4 heteroatoms. The average molecular weight is 272 g/mol. The summed E-state index contributed by atoms with van der Waals surface area (Å²) in [5.41, 5.74) is 4.23. The molecular weight excluding hydrogens is 250 g/mol. The highest BCUT2D eigenvalue weighted by molar-refractivity contribution is 5.79. The van der Waals surface area contributed by atoms with Gasteiger partial charge < -0.3 is 9.80 Å². The van der Waals surface area contributed by atoms with Gasteiger partial charge in [0.1, 0.15) is 6.29 Å². The van der Waals surface area contributed by atoms with Crippen LogP contribution in [0.1, 0.15) is 27.9 Å². The number of nitrogens with one attached hydrogen (secondary N) is 1. The van der Waals surface area contributed by atoms with Crippen LogP contribution in [0.3, 0.4) is 0 Å². The molecule has 1 aromatic carbocycles. The third kappa shape index (κ3) is 3.17. The van der Waals surface area contributed by atoms with Crippen LogP contribution >= 0.6 is 0 Å². The van der Waals surface area contributed by atoms with E-state index in [4.69, 9.17) is 5.26 Å². The predicted octanol–water partition coefficient (Wildman–Crippen LogP) is 0.735. The molecule has 106 valence electrons. The number of benzene rings is 1. The SMILES string of the molecule is Cc1cc(N2CC[NH+](CCC#N)CC2)c(C)cc1C=O. The molecule has 1 aromatic rings. The fraction of sp³-hybridized carbons (Fsp3) is 0.500. The summed E-state index contributed by atoms with van der Waals surface area (Å²) in [4.78, 5) is 14.9. The quantitative estimate of drug-likeness (QED) is 0.822. The van der Waals surface area contributed by atoms with Crippen LogP contribution in [0.15, 0.2) is 12.1 Å². The first-order chi connectivity index (χ1) is 9.65. The topological polar surface area (TPSA) is 48.5 Å². The van der Waals surface area contributed by atoms with E-state index in [9.17, 15) is 4.79 Å². The molecular formula is C16H22N3O+. The van der Waals surface area contributed by atoms with Crippen molar-refractivity contribution in [2.45, 2.75) is 20.3 Å². The number of rotatable bonds is 4. The van der Waals surface area contributed by atoms with Crippen molar-refractivity contribution >= 4 is 12.0 Å². The molecule has 0 amide bonds. The maximum Gasteiger partial charge on any atom is 0.150 e. The molecule has 0 aliphatic carbocycles. The minimum Gasteiger partial charge on any atom is -0.360 e. The zero-order chi connectivity index (χ0) is 14.5. The number of carbonyl (C=O) groups excluding carboxylic acids is 1. The van der Waals surface area contributed by atoms with Gasteiger partial charge in [0.15, 0.2) is 0 Å². The van der Waals surface area contributed by atoms with E-state index in [1.54, 1.807) is 0 Å². The lowest BCUT2D eigenvalue weighted by Gasteiger charge is -2.34. The van der Waals surface area contributed by atoms with Crippen molar-refractivity contribution in [3.63, 3.8) is 0 Å². The number of quaternary nitrogens is 1. The van der Waals surface area contributed by atoms with Gasteiger partial charge in [-0.1, -0.05) is 0 Å². The van der Waals surface area contributed by atoms with Gasteiger partial charge in [0.05, 0.1) is 45.2 Å². The lowest BCUT2D eigenvalue weighted by molar-refractivity contribution is -0.900. The van der Waals surface area contributed by atoms with Crippen molar-refractivity contribution in [1.82, 2.24) is 0 Å². The van der Waals surface area contributed by atoms with E-state index in [0.717, 1.165) is 55.7 Å². The molecule has 0 aromatic heterocycles. The van der Waals surface area contributed by atoms with Crippen LogP contribution in [-0.4, -0.2) is 39.0 Å². The number of nitrogens with zero attached hydrogens (tertiary/aromatic N) is 2. The zero-order valence-electron chi connectivity index (χ0n) is 12.3. The molecule has 2 rings (SSSR count). The van der Waals surface area contributed by atoms with Gasteiger partial charge in [0.2, 0.25) is 0 Å². The molecule has 1 heterocycles. The van der Waals surface area contributed by atoms with E-state index in [2.05, 4.69) is 24.0 Å². The summed E-state index contributed by atoms with van der Waals surface area (Å²) in [5.74, 6) is 0. The third-order valence-electron chi connectivity index (χ3n) is 4.11. The van der Waals surface area contributed by atoms with Crippen LogP contribution in [0, 0.1) is 25.2 Å². The smallest absolute Gasteiger partial charge is 0.150 e. The van der Waals surface area contributed by atoms with Gasteiger partial charge >= 0.3 is 0 Å². The summed E-state index contributed by atoms with van der Waals surface area (Å²) in [7, 11) is 0. The number of aldehydes is 1. The van der Waals surface area contributed by atoms with Crippen LogP contribution < -0.4 is 9.80 Å². The van der Waals surface area contributed by atoms with Gasteiger partial charge in [-0.2, -0.15) is 5.26 Å². The van der Waals surface area contributed by atoms with Crippen molar-refractivity contribution in [3.05, 3.63) is 28.8 Å². The second-order valence-electron chi connectivity index (χ2n) is 5.51. The molecule has 1 saturated heterocycles. The molecule has 0 saturated carbocycles. The van der Waals surface area contributed by atoms with Crippen molar-refractivity contribution in [1.29, 1.82) is 5.26 Å². The van der Waals surface area contributed by atoms with Gasteiger partial charge in [-0.25, -0.2) is 0 Å². The number of aryl methyl sites for hydroxylation is 2. The molecule has 0 atom stereocenters. The molecule has 0 bridgehead atoms. The molecule has 0 unspecified atom stereocenters. The van der Waals surface area contributed by atoms with Crippen molar-refractivity contribution in [2.24, 2.45) is 0 Å². The molecule has 1 aliphatic heterocycles. The first-order valence-corrected chi connectivity index (χ1v) is 7.17. The van der Waals surface area contributed by atoms with E-state index in [1.807, 2.05) is 13.0 Å². The van der Waals surface area contributed by atoms with Crippen LogP contribution in [-0.2, 0) is 0 Å². The fourth-order valence-corrected chi connectivity index (χ4v) is 2.84. The summed E-state index contributed by atoms with van der Waals surface area (Å²) >= 11 is 0. The summed E-state index contributed by atoms with van der Waals surface area (Å²) < 4.78 is 0. The molecule has 4 nitrogen and oxygen atoms in total. The summed E-state index contributed by atoms with van der Waals surface area (Å²) in [6.45, 7) is 9.19. The van der Waals surface area contributed by atoms with E-state index >= 15 is 0 Å². The first kappa shape index (κ1) is 14.5. The van der Waals surface area contributed by atoms with Crippen molar-refractivity contribution in [2.75, 3.05) is 37.6 Å². The molecule has 1 aliphatic rings. The number of carbonyl (C=O) groups is 1. The number of anilines is 1. The summed E-state index contributed by atoms with van der Waals surface area (Å²) in [5, 5.41) is 8.64. The molecule has 20 heavy (non-hydrogen) atoms. The molecule has 1 fully saturated rings. The largest absolute Gasteiger partial charge is 0.360 e. The highest BCUT2D eigenvalue weighted by atomic mass is 16.1. The molecule has 0 radical (unpaired) electrons. The second-order valence-corrected chi connectivity index (χ2v) is 5.51. The molecule has 1 N–H and O–H groups in total. The number of hydrogen-bond donors (Lipinski definition) is 1. The Morgan fingerprint density at radius 2 is 2.00 bits per heavy atom. The normalized spacial score (nSPS) is 15.9. The highest BCUT2D eigenvalue weighted by Gasteiger charge is 2.21. The van der Waals surface area contributed by atoms with Crippen LogP contribution in [0.4, 0.5) is 5.69 Å². The zero-order valence-corrected chi connectivity index (χ0v) is 12.3. The Bertz CT molecular complexity index is 525. The minimum absolute atomic E-state index is 0.640. The van der Waals surface area contributed by atoms with E-state index in [-0.39, 0.29) is 0 Å². The Hall–Kier alpha value is -1.86. The number of piperazine rings is 1. The second kappa shape index (κ2) is 6.53. The van der Waals surface area contributed by atoms with Crippen molar-refractivity contribution in [3.8, 4) is 6.07 Å². The van der Waals surface area contributed by atoms with E-state index < -0.39 is 0 Å². The average Bonchev–Trinajstić information content (AvgIpc) is 2.47. The van der Waals surface area contributed by atoms with Crippen molar-refractivity contribution < 1.29 is 9.69 Å². The maximum atomic E-state index is 11.0. The lowest BCUT2D eigenvalue weighted by atomic mass is 10.0. The summed E-state index contributed by atoms with van der Waals surface area (Å²) in [6, 6.07) is 6.32. The van der Waals surface area contributed by atoms with Gasteiger partial charge in [-0.05, 0) is 37.1 Å². The Kier molecular flexibility index (Phi) is 4.75. The molecule has 0 spiro atoms. The van der Waals surface area contributed by atoms with Gasteiger partial charge in [-0.3, -0.25) is 4.79 Å². The standard InChI is InChI=1S/C16H21N3O/c1-13-11-16(14(2)10-15(13)12-20)19-8-6-18(7-9-19)5-3-4-17/h10-12H,3,5-9H2,1-2H3/p+1. The Balaban J connectivity index is 2.05. The number of hydrogen-bond acceptors (Lipinski definition) is 3. The van der Waals surface area contributed by atoms with Crippen LogP contribution in [0.2, 0.25) is 0 Å². The highest BCUT2D eigenvalue weighted by Crippen LogP contribution is 2.23. The van der Waals surface area contributed by atoms with E-state index in [0.29, 0.717) is 6.42 Å². The maximum absolute atomic E-state index is 11.0. The third-order valence-corrected chi connectivity index (χ3v) is 4.11. The first-order valence-electron chi connectivity index (χ1n) is 7.17. The van der Waals surface area contributed by atoms with Gasteiger partial charge in [0, 0.05) is 11.3 Å².